The monoisotopic (exact) mass is 269 g/mol. The van der Waals surface area contributed by atoms with Crippen molar-refractivity contribution in [2.75, 3.05) is 6.54 Å². The van der Waals surface area contributed by atoms with Crippen LogP contribution in [0.3, 0.4) is 0 Å². The standard InChI is InChI=1S/C16H25F2N/c1-5-19-15(16(2,3)4)8-6-7-12-9-10-13(17)11-14(12)18/h9-11,15,19H,5-8H2,1-4H3. The molecule has 0 fully saturated rings. The van der Waals surface area contributed by atoms with Gasteiger partial charge in [-0.05, 0) is 42.9 Å². The third-order valence-electron chi connectivity index (χ3n) is 3.45. The van der Waals surface area contributed by atoms with Crippen LogP contribution in [0.15, 0.2) is 18.2 Å². The number of rotatable bonds is 6. The van der Waals surface area contributed by atoms with E-state index in [1.165, 1.54) is 6.07 Å². The quantitative estimate of drug-likeness (QED) is 0.811. The van der Waals surface area contributed by atoms with E-state index >= 15 is 0 Å². The first-order valence-electron chi connectivity index (χ1n) is 7.02. The number of aryl methyl sites for hydroxylation is 1. The Bertz CT molecular complexity index is 396. The molecule has 0 aromatic heterocycles. The molecule has 1 nitrogen and oxygen atoms in total. The molecule has 0 saturated carbocycles. The van der Waals surface area contributed by atoms with Gasteiger partial charge in [0.15, 0.2) is 0 Å². The van der Waals surface area contributed by atoms with Crippen LogP contribution in [0.4, 0.5) is 8.78 Å². The number of hydrogen-bond acceptors (Lipinski definition) is 1. The van der Waals surface area contributed by atoms with Crippen molar-refractivity contribution in [1.29, 1.82) is 0 Å². The molecular formula is C16H25F2N. The van der Waals surface area contributed by atoms with Gasteiger partial charge in [0, 0.05) is 12.1 Å². The minimum absolute atomic E-state index is 0.192. The minimum atomic E-state index is -0.513. The van der Waals surface area contributed by atoms with E-state index in [9.17, 15) is 8.78 Å². The fourth-order valence-electron chi connectivity index (χ4n) is 2.31. The summed E-state index contributed by atoms with van der Waals surface area (Å²) in [6.45, 7) is 9.65. The van der Waals surface area contributed by atoms with Gasteiger partial charge in [-0.3, -0.25) is 0 Å². The van der Waals surface area contributed by atoms with Crippen LogP contribution in [0, 0.1) is 17.0 Å². The van der Waals surface area contributed by atoms with Crippen LogP contribution in [0.25, 0.3) is 0 Å². The molecule has 0 aliphatic heterocycles. The van der Waals surface area contributed by atoms with Crippen LogP contribution in [0.5, 0.6) is 0 Å². The van der Waals surface area contributed by atoms with Crippen molar-refractivity contribution in [3.05, 3.63) is 35.4 Å². The fourth-order valence-corrected chi connectivity index (χ4v) is 2.31. The lowest BCUT2D eigenvalue weighted by Gasteiger charge is -2.31. The van der Waals surface area contributed by atoms with Gasteiger partial charge in [-0.2, -0.15) is 0 Å². The summed E-state index contributed by atoms with van der Waals surface area (Å²) >= 11 is 0. The van der Waals surface area contributed by atoms with Crippen molar-refractivity contribution in [1.82, 2.24) is 5.32 Å². The Balaban J connectivity index is 2.52. The minimum Gasteiger partial charge on any atom is -0.314 e. The maximum absolute atomic E-state index is 13.5. The van der Waals surface area contributed by atoms with E-state index in [-0.39, 0.29) is 5.41 Å². The van der Waals surface area contributed by atoms with Crippen molar-refractivity contribution in [2.45, 2.75) is 53.0 Å². The van der Waals surface area contributed by atoms with Gasteiger partial charge in [-0.1, -0.05) is 33.8 Å². The first kappa shape index (κ1) is 16.1. The average molecular weight is 269 g/mol. The molecule has 0 bridgehead atoms. The van der Waals surface area contributed by atoms with E-state index < -0.39 is 11.6 Å². The van der Waals surface area contributed by atoms with Gasteiger partial charge in [0.2, 0.25) is 0 Å². The Labute approximate surface area is 115 Å². The van der Waals surface area contributed by atoms with Crippen molar-refractivity contribution < 1.29 is 8.78 Å². The first-order chi connectivity index (χ1) is 8.84. The van der Waals surface area contributed by atoms with Gasteiger partial charge in [-0.15, -0.1) is 0 Å². The zero-order chi connectivity index (χ0) is 14.5. The Hall–Kier alpha value is -0.960. The number of halogens is 2. The Kier molecular flexibility index (Phi) is 5.92. The van der Waals surface area contributed by atoms with Crippen LogP contribution >= 0.6 is 0 Å². The SMILES string of the molecule is CCNC(CCCc1ccc(F)cc1F)C(C)(C)C. The fraction of sp³-hybridized carbons (Fsp3) is 0.625. The summed E-state index contributed by atoms with van der Waals surface area (Å²) in [5.41, 5.74) is 0.794. The summed E-state index contributed by atoms with van der Waals surface area (Å²) in [5, 5.41) is 3.48. The highest BCUT2D eigenvalue weighted by Gasteiger charge is 2.23. The van der Waals surface area contributed by atoms with Crippen LogP contribution in [-0.2, 0) is 6.42 Å². The van der Waals surface area contributed by atoms with Gasteiger partial charge >= 0.3 is 0 Å². The van der Waals surface area contributed by atoms with Crippen LogP contribution in [0.2, 0.25) is 0 Å². The molecule has 1 aromatic carbocycles. The van der Waals surface area contributed by atoms with E-state index in [0.29, 0.717) is 18.0 Å². The lowest BCUT2D eigenvalue weighted by molar-refractivity contribution is 0.254. The summed E-state index contributed by atoms with van der Waals surface area (Å²) in [5.74, 6) is -0.947. The highest BCUT2D eigenvalue weighted by molar-refractivity contribution is 5.18. The molecule has 19 heavy (non-hydrogen) atoms. The van der Waals surface area contributed by atoms with Crippen molar-refractivity contribution in [2.24, 2.45) is 5.41 Å². The van der Waals surface area contributed by atoms with Gasteiger partial charge < -0.3 is 5.32 Å². The van der Waals surface area contributed by atoms with Crippen LogP contribution in [0.1, 0.15) is 46.1 Å². The molecule has 0 aliphatic rings. The predicted molar refractivity (Wildman–Crippen MR) is 76.2 cm³/mol. The number of benzene rings is 1. The smallest absolute Gasteiger partial charge is 0.129 e. The molecule has 1 atom stereocenters. The molecule has 108 valence electrons. The summed E-state index contributed by atoms with van der Waals surface area (Å²) in [6.07, 6.45) is 2.55. The van der Waals surface area contributed by atoms with E-state index in [1.54, 1.807) is 6.07 Å². The topological polar surface area (TPSA) is 12.0 Å². The lowest BCUT2D eigenvalue weighted by Crippen LogP contribution is -2.40. The predicted octanol–water partition coefficient (Wildman–Crippen LogP) is 4.31. The molecule has 0 radical (unpaired) electrons. The van der Waals surface area contributed by atoms with Crippen molar-refractivity contribution in [3.8, 4) is 0 Å². The Morgan fingerprint density at radius 1 is 1.21 bits per heavy atom. The molecule has 3 heteroatoms. The molecular weight excluding hydrogens is 244 g/mol. The highest BCUT2D eigenvalue weighted by Crippen LogP contribution is 2.24. The zero-order valence-corrected chi connectivity index (χ0v) is 12.4. The molecule has 1 N–H and O–H groups in total. The summed E-state index contributed by atoms with van der Waals surface area (Å²) in [6, 6.07) is 4.25. The van der Waals surface area contributed by atoms with Gasteiger partial charge in [-0.25, -0.2) is 8.78 Å². The normalized spacial score (nSPS) is 13.6. The Morgan fingerprint density at radius 2 is 1.89 bits per heavy atom. The molecule has 0 aliphatic carbocycles. The molecule has 0 heterocycles. The zero-order valence-electron chi connectivity index (χ0n) is 12.4. The average Bonchev–Trinajstić information content (AvgIpc) is 2.29. The molecule has 0 saturated heterocycles. The molecule has 0 spiro atoms. The maximum Gasteiger partial charge on any atom is 0.129 e. The lowest BCUT2D eigenvalue weighted by atomic mass is 9.83. The molecule has 1 unspecified atom stereocenters. The second kappa shape index (κ2) is 6.99. The van der Waals surface area contributed by atoms with Gasteiger partial charge in [0.05, 0.1) is 0 Å². The summed E-state index contributed by atoms with van der Waals surface area (Å²) in [7, 11) is 0. The second-order valence-electron chi connectivity index (χ2n) is 6.10. The van der Waals surface area contributed by atoms with E-state index in [1.807, 2.05) is 0 Å². The summed E-state index contributed by atoms with van der Waals surface area (Å²) < 4.78 is 26.3. The largest absolute Gasteiger partial charge is 0.314 e. The number of hydrogen-bond donors (Lipinski definition) is 1. The van der Waals surface area contributed by atoms with Gasteiger partial charge in [0.1, 0.15) is 11.6 Å². The maximum atomic E-state index is 13.5. The van der Waals surface area contributed by atoms with Crippen LogP contribution in [-0.4, -0.2) is 12.6 Å². The first-order valence-corrected chi connectivity index (χ1v) is 7.02. The van der Waals surface area contributed by atoms with Crippen molar-refractivity contribution >= 4 is 0 Å². The van der Waals surface area contributed by atoms with Crippen LogP contribution < -0.4 is 5.32 Å². The van der Waals surface area contributed by atoms with Crippen molar-refractivity contribution in [3.63, 3.8) is 0 Å². The third kappa shape index (κ3) is 5.27. The Morgan fingerprint density at radius 3 is 2.42 bits per heavy atom. The van der Waals surface area contributed by atoms with E-state index in [4.69, 9.17) is 0 Å². The molecule has 1 rings (SSSR count). The second-order valence-corrected chi connectivity index (χ2v) is 6.10. The third-order valence-corrected chi connectivity index (χ3v) is 3.45. The molecule has 1 aromatic rings. The summed E-state index contributed by atoms with van der Waals surface area (Å²) in [4.78, 5) is 0. The van der Waals surface area contributed by atoms with E-state index in [0.717, 1.165) is 25.5 Å². The van der Waals surface area contributed by atoms with E-state index in [2.05, 4.69) is 33.0 Å². The highest BCUT2D eigenvalue weighted by atomic mass is 19.1. The number of nitrogens with one attached hydrogen (secondary N) is 1. The van der Waals surface area contributed by atoms with Gasteiger partial charge in [0.25, 0.3) is 0 Å². The molecule has 0 amide bonds.